The Morgan fingerprint density at radius 1 is 1.20 bits per heavy atom. The quantitative estimate of drug-likeness (QED) is 0.848. The zero-order valence-electron chi connectivity index (χ0n) is 11.7. The first-order valence-electron chi connectivity index (χ1n) is 7.40. The number of fused-ring (bicyclic) bond motifs is 2. The van der Waals surface area contributed by atoms with Gasteiger partial charge in [-0.15, -0.1) is 0 Å². The van der Waals surface area contributed by atoms with Gasteiger partial charge in [0.15, 0.2) is 0 Å². The maximum atomic E-state index is 12.0. The number of rotatable bonds is 5. The molecule has 20 heavy (non-hydrogen) atoms. The van der Waals surface area contributed by atoms with Gasteiger partial charge in [0.25, 0.3) is 0 Å². The molecule has 3 rings (SSSR count). The Bertz CT molecular complexity index is 458. The summed E-state index contributed by atoms with van der Waals surface area (Å²) in [6, 6.07) is 10.1. The molecule has 2 aliphatic heterocycles. The molecule has 1 aromatic rings. The van der Waals surface area contributed by atoms with Crippen LogP contribution in [0.4, 0.5) is 0 Å². The van der Waals surface area contributed by atoms with Crippen LogP contribution < -0.4 is 0 Å². The highest BCUT2D eigenvalue weighted by molar-refractivity contribution is 7.86. The van der Waals surface area contributed by atoms with Gasteiger partial charge in [0.2, 0.25) is 0 Å². The Hall–Kier alpha value is -0.710. The van der Waals surface area contributed by atoms with Gasteiger partial charge >= 0.3 is 0 Å². The molecule has 0 aliphatic carbocycles. The third kappa shape index (κ3) is 3.13. The van der Waals surface area contributed by atoms with Crippen LogP contribution in [-0.2, 0) is 22.1 Å². The van der Waals surface area contributed by atoms with E-state index in [2.05, 4.69) is 0 Å². The minimum atomic E-state index is -0.703. The fourth-order valence-electron chi connectivity index (χ4n) is 3.41. The molecule has 2 fully saturated rings. The second-order valence-corrected chi connectivity index (χ2v) is 8.06. The summed E-state index contributed by atoms with van der Waals surface area (Å²) < 4.78 is 17.6. The lowest BCUT2D eigenvalue weighted by Crippen LogP contribution is -2.43. The van der Waals surface area contributed by atoms with Crippen molar-refractivity contribution in [1.29, 1.82) is 0 Å². The first kappa shape index (κ1) is 14.2. The summed E-state index contributed by atoms with van der Waals surface area (Å²) in [6.07, 6.45) is 4.06. The van der Waals surface area contributed by atoms with Crippen molar-refractivity contribution < 1.29 is 14.1 Å². The van der Waals surface area contributed by atoms with Crippen LogP contribution in [0, 0.1) is 0 Å². The zero-order chi connectivity index (χ0) is 14.0. The molecule has 1 N–H and O–H groups in total. The molecule has 0 saturated carbocycles. The van der Waals surface area contributed by atoms with Crippen molar-refractivity contribution in [2.24, 2.45) is 0 Å². The van der Waals surface area contributed by atoms with Crippen molar-refractivity contribution >= 4 is 10.8 Å². The van der Waals surface area contributed by atoms with E-state index >= 15 is 0 Å². The molecule has 2 atom stereocenters. The van der Waals surface area contributed by atoms with Crippen molar-refractivity contribution in [3.63, 3.8) is 0 Å². The molecule has 0 amide bonds. The molecule has 3 nitrogen and oxygen atoms in total. The Labute approximate surface area is 122 Å². The van der Waals surface area contributed by atoms with Crippen LogP contribution in [0.15, 0.2) is 30.3 Å². The number of aliphatic hydroxyl groups is 1. The Morgan fingerprint density at radius 3 is 2.50 bits per heavy atom. The predicted molar refractivity (Wildman–Crippen MR) is 79.9 cm³/mol. The first-order chi connectivity index (χ1) is 9.66. The number of benzene rings is 1. The normalized spacial score (nSPS) is 36.1. The monoisotopic (exact) mass is 294 g/mol. The first-order valence-corrected chi connectivity index (χ1v) is 8.67. The number of hydrogen-bond donors (Lipinski definition) is 1. The summed E-state index contributed by atoms with van der Waals surface area (Å²) in [4.78, 5) is 0. The van der Waals surface area contributed by atoms with Gasteiger partial charge in [0, 0.05) is 27.9 Å². The maximum Gasteiger partial charge on any atom is 0.0716 e. The van der Waals surface area contributed by atoms with Crippen molar-refractivity contribution in [3.8, 4) is 0 Å². The Kier molecular flexibility index (Phi) is 4.24. The molecule has 0 radical (unpaired) electrons. The third-order valence-electron chi connectivity index (χ3n) is 4.51. The summed E-state index contributed by atoms with van der Waals surface area (Å²) in [5.41, 5.74) is 0.500. The molecule has 2 bridgehead atoms. The van der Waals surface area contributed by atoms with Crippen LogP contribution in [0.3, 0.4) is 0 Å². The van der Waals surface area contributed by atoms with Gasteiger partial charge in [-0.1, -0.05) is 30.3 Å². The van der Waals surface area contributed by atoms with Crippen LogP contribution in [-0.4, -0.2) is 32.0 Å². The molecule has 0 spiro atoms. The summed E-state index contributed by atoms with van der Waals surface area (Å²) in [5, 5.41) is 11.1. The maximum absolute atomic E-state index is 12.0. The van der Waals surface area contributed by atoms with Crippen LogP contribution in [0.5, 0.6) is 0 Å². The van der Waals surface area contributed by atoms with E-state index in [4.69, 9.17) is 4.74 Å². The molecule has 0 aromatic heterocycles. The van der Waals surface area contributed by atoms with Crippen LogP contribution in [0.1, 0.15) is 37.7 Å². The Morgan fingerprint density at radius 2 is 1.85 bits per heavy atom. The highest BCUT2D eigenvalue weighted by atomic mass is 32.2. The van der Waals surface area contributed by atoms with Crippen molar-refractivity contribution in [3.05, 3.63) is 35.9 Å². The van der Waals surface area contributed by atoms with E-state index in [0.29, 0.717) is 32.5 Å². The van der Waals surface area contributed by atoms with Crippen LogP contribution >= 0.6 is 0 Å². The van der Waals surface area contributed by atoms with E-state index in [1.165, 1.54) is 0 Å². The number of hydrogen-bond acceptors (Lipinski definition) is 3. The molecular weight excluding hydrogens is 272 g/mol. The second-order valence-electron chi connectivity index (χ2n) is 6.07. The van der Waals surface area contributed by atoms with E-state index in [9.17, 15) is 9.32 Å². The summed E-state index contributed by atoms with van der Waals surface area (Å²) >= 11 is 0. The SMILES string of the molecule is O=S1C2CCC1CC(O)(CCOCc1ccccc1)C2. The minimum absolute atomic E-state index is 0.216. The van der Waals surface area contributed by atoms with Gasteiger partial charge in [-0.2, -0.15) is 0 Å². The smallest absolute Gasteiger partial charge is 0.0716 e. The van der Waals surface area contributed by atoms with Gasteiger partial charge in [0.1, 0.15) is 0 Å². The van der Waals surface area contributed by atoms with Crippen LogP contribution in [0.2, 0.25) is 0 Å². The molecule has 2 aliphatic rings. The van der Waals surface area contributed by atoms with Gasteiger partial charge < -0.3 is 9.84 Å². The second kappa shape index (κ2) is 5.96. The van der Waals surface area contributed by atoms with Crippen molar-refractivity contribution in [2.45, 2.75) is 54.8 Å². The largest absolute Gasteiger partial charge is 0.390 e. The Balaban J connectivity index is 1.46. The molecule has 110 valence electrons. The van der Waals surface area contributed by atoms with Crippen molar-refractivity contribution in [2.75, 3.05) is 6.61 Å². The fourth-order valence-corrected chi connectivity index (χ4v) is 5.64. The van der Waals surface area contributed by atoms with Crippen molar-refractivity contribution in [1.82, 2.24) is 0 Å². The molecule has 2 unspecified atom stereocenters. The lowest BCUT2D eigenvalue weighted by molar-refractivity contribution is -0.0161. The molecule has 4 heteroatoms. The van der Waals surface area contributed by atoms with E-state index in [1.54, 1.807) is 0 Å². The predicted octanol–water partition coefficient (Wildman–Crippen LogP) is 2.40. The molecular formula is C16H22O3S. The summed E-state index contributed by atoms with van der Waals surface area (Å²) in [5.74, 6) is 0. The average molecular weight is 294 g/mol. The standard InChI is InChI=1S/C16H22O3S/c17-16(10-14-6-7-15(11-16)20(14)18)8-9-19-12-13-4-2-1-3-5-13/h1-5,14-15,17H,6-12H2. The van der Waals surface area contributed by atoms with Gasteiger partial charge in [-0.25, -0.2) is 0 Å². The van der Waals surface area contributed by atoms with E-state index in [0.717, 1.165) is 18.4 Å². The van der Waals surface area contributed by atoms with Gasteiger partial charge in [0.05, 0.1) is 12.2 Å². The fraction of sp³-hybridized carbons (Fsp3) is 0.625. The van der Waals surface area contributed by atoms with Gasteiger partial charge in [-0.3, -0.25) is 4.21 Å². The average Bonchev–Trinajstić information content (AvgIpc) is 2.68. The van der Waals surface area contributed by atoms with E-state index in [1.807, 2.05) is 30.3 Å². The minimum Gasteiger partial charge on any atom is -0.390 e. The molecule has 2 saturated heterocycles. The van der Waals surface area contributed by atoms with E-state index in [-0.39, 0.29) is 10.5 Å². The highest BCUT2D eigenvalue weighted by Gasteiger charge is 2.47. The molecule has 2 heterocycles. The number of ether oxygens (including phenoxy) is 1. The summed E-state index contributed by atoms with van der Waals surface area (Å²) in [6.45, 7) is 1.16. The lowest BCUT2D eigenvalue weighted by atomic mass is 9.90. The lowest BCUT2D eigenvalue weighted by Gasteiger charge is -2.35. The van der Waals surface area contributed by atoms with E-state index < -0.39 is 16.4 Å². The highest BCUT2D eigenvalue weighted by Crippen LogP contribution is 2.42. The zero-order valence-corrected chi connectivity index (χ0v) is 12.5. The third-order valence-corrected chi connectivity index (χ3v) is 6.63. The summed E-state index contributed by atoms with van der Waals surface area (Å²) in [7, 11) is -0.703. The molecule has 1 aromatic carbocycles. The van der Waals surface area contributed by atoms with Gasteiger partial charge in [-0.05, 0) is 37.7 Å². The van der Waals surface area contributed by atoms with Crippen LogP contribution in [0.25, 0.3) is 0 Å². The topological polar surface area (TPSA) is 46.5 Å².